The number of amides is 2. The zero-order valence-corrected chi connectivity index (χ0v) is 9.32. The number of nitrogens with zero attached hydrogens (tertiary/aromatic N) is 2. The minimum Gasteiger partial charge on any atom is -0.341 e. The number of aryl methyl sites for hydroxylation is 1. The Morgan fingerprint density at radius 3 is 3.06 bits per heavy atom. The summed E-state index contributed by atoms with van der Waals surface area (Å²) in [6, 6.07) is 5.79. The fourth-order valence-corrected chi connectivity index (χ4v) is 1.56. The summed E-state index contributed by atoms with van der Waals surface area (Å²) in [6.45, 7) is 0.506. The van der Waals surface area contributed by atoms with Crippen LogP contribution in [0.5, 0.6) is 0 Å². The Morgan fingerprint density at radius 1 is 1.50 bits per heavy atom. The average Bonchev–Trinajstić information content (AvgIpc) is 2.67. The normalized spacial score (nSPS) is 10.4. The number of benzene rings is 1. The van der Waals surface area contributed by atoms with Crippen molar-refractivity contribution in [2.45, 2.75) is 6.54 Å². The summed E-state index contributed by atoms with van der Waals surface area (Å²) < 4.78 is 1.96. The van der Waals surface area contributed by atoms with E-state index in [4.69, 9.17) is 0 Å². The molecule has 1 aromatic carbocycles. The van der Waals surface area contributed by atoms with Crippen LogP contribution >= 0.6 is 0 Å². The van der Waals surface area contributed by atoms with Crippen LogP contribution in [0.3, 0.4) is 0 Å². The fraction of sp³-hybridized carbons (Fsp3) is 0.273. The van der Waals surface area contributed by atoms with Gasteiger partial charge in [-0.1, -0.05) is 6.07 Å². The van der Waals surface area contributed by atoms with Gasteiger partial charge in [-0.2, -0.15) is 0 Å². The third-order valence-corrected chi connectivity index (χ3v) is 2.47. The molecule has 5 nitrogen and oxygen atoms in total. The predicted octanol–water partition coefficient (Wildman–Crippen LogP) is 1.00. The maximum absolute atomic E-state index is 11.0. The van der Waals surface area contributed by atoms with Gasteiger partial charge in [0.1, 0.15) is 0 Å². The molecule has 0 fully saturated rings. The van der Waals surface area contributed by atoms with E-state index < -0.39 is 0 Å². The van der Waals surface area contributed by atoms with Crippen molar-refractivity contribution in [1.29, 1.82) is 0 Å². The van der Waals surface area contributed by atoms with Crippen molar-refractivity contribution in [3.05, 3.63) is 30.1 Å². The van der Waals surface area contributed by atoms with E-state index in [-0.39, 0.29) is 6.03 Å². The molecule has 0 aliphatic carbocycles. The number of aromatic nitrogens is 2. The lowest BCUT2D eigenvalue weighted by Crippen LogP contribution is -2.32. The average molecular weight is 218 g/mol. The Hall–Kier alpha value is -2.04. The number of fused-ring (bicyclic) bond motifs is 1. The van der Waals surface area contributed by atoms with Crippen LogP contribution < -0.4 is 10.6 Å². The van der Waals surface area contributed by atoms with Gasteiger partial charge in [0.15, 0.2) is 0 Å². The zero-order chi connectivity index (χ0) is 11.5. The van der Waals surface area contributed by atoms with Crippen molar-refractivity contribution >= 4 is 17.1 Å². The Kier molecular flexibility index (Phi) is 2.76. The molecule has 2 aromatic rings. The lowest BCUT2D eigenvalue weighted by molar-refractivity contribution is 0.242. The molecular formula is C11H14N4O. The van der Waals surface area contributed by atoms with Gasteiger partial charge in [0.05, 0.1) is 17.4 Å². The number of carbonyl (C=O) groups is 1. The van der Waals surface area contributed by atoms with Crippen LogP contribution in [0.4, 0.5) is 4.79 Å². The molecule has 2 N–H and O–H groups in total. The second-order valence-corrected chi connectivity index (χ2v) is 3.61. The van der Waals surface area contributed by atoms with Crippen LogP contribution in [0.15, 0.2) is 24.5 Å². The van der Waals surface area contributed by atoms with Crippen molar-refractivity contribution in [3.8, 4) is 0 Å². The van der Waals surface area contributed by atoms with Gasteiger partial charge in [-0.05, 0) is 17.7 Å². The molecule has 0 spiro atoms. The van der Waals surface area contributed by atoms with Crippen LogP contribution in [0.2, 0.25) is 0 Å². The molecule has 0 aliphatic rings. The standard InChI is InChI=1S/C11H14N4O/c1-12-11(16)13-6-8-3-4-10-9(5-8)14-7-15(10)2/h3-5,7H,6H2,1-2H3,(H2,12,13,16). The summed E-state index contributed by atoms with van der Waals surface area (Å²) >= 11 is 0. The first-order chi connectivity index (χ1) is 7.70. The largest absolute Gasteiger partial charge is 0.341 e. The third kappa shape index (κ3) is 1.98. The Balaban J connectivity index is 2.17. The number of imidazole rings is 1. The van der Waals surface area contributed by atoms with E-state index in [1.165, 1.54) is 0 Å². The molecular weight excluding hydrogens is 204 g/mol. The highest BCUT2D eigenvalue weighted by molar-refractivity contribution is 5.76. The number of rotatable bonds is 2. The van der Waals surface area contributed by atoms with Crippen LogP contribution in [0, 0.1) is 0 Å². The number of hydrogen-bond donors (Lipinski definition) is 2. The van der Waals surface area contributed by atoms with Crippen LogP contribution in [0.1, 0.15) is 5.56 Å². The number of urea groups is 1. The van der Waals surface area contributed by atoms with E-state index in [9.17, 15) is 4.79 Å². The minimum atomic E-state index is -0.180. The van der Waals surface area contributed by atoms with Crippen molar-refractivity contribution in [2.75, 3.05) is 7.05 Å². The van der Waals surface area contributed by atoms with E-state index in [1.807, 2.05) is 29.8 Å². The van der Waals surface area contributed by atoms with E-state index in [0.717, 1.165) is 16.6 Å². The van der Waals surface area contributed by atoms with Gasteiger partial charge in [0.25, 0.3) is 0 Å². The molecule has 0 atom stereocenters. The van der Waals surface area contributed by atoms with E-state index in [2.05, 4.69) is 15.6 Å². The monoisotopic (exact) mass is 218 g/mol. The summed E-state index contributed by atoms with van der Waals surface area (Å²) in [4.78, 5) is 15.3. The smallest absolute Gasteiger partial charge is 0.314 e. The Bertz CT molecular complexity index is 518. The molecule has 0 saturated carbocycles. The third-order valence-electron chi connectivity index (χ3n) is 2.47. The molecule has 1 aromatic heterocycles. The van der Waals surface area contributed by atoms with Crippen LogP contribution in [-0.2, 0) is 13.6 Å². The highest BCUT2D eigenvalue weighted by Crippen LogP contribution is 2.13. The molecule has 0 radical (unpaired) electrons. The molecule has 0 aliphatic heterocycles. The topological polar surface area (TPSA) is 59.0 Å². The first-order valence-corrected chi connectivity index (χ1v) is 5.06. The van der Waals surface area contributed by atoms with Crippen molar-refractivity contribution in [3.63, 3.8) is 0 Å². The summed E-state index contributed by atoms with van der Waals surface area (Å²) in [5, 5.41) is 5.24. The summed E-state index contributed by atoms with van der Waals surface area (Å²) in [7, 11) is 3.55. The summed E-state index contributed by atoms with van der Waals surface area (Å²) in [5.41, 5.74) is 3.07. The first-order valence-electron chi connectivity index (χ1n) is 5.06. The van der Waals surface area contributed by atoms with Gasteiger partial charge < -0.3 is 15.2 Å². The maximum Gasteiger partial charge on any atom is 0.314 e. The maximum atomic E-state index is 11.0. The van der Waals surface area contributed by atoms with Crippen molar-refractivity contribution in [1.82, 2.24) is 20.2 Å². The second kappa shape index (κ2) is 4.22. The molecule has 5 heteroatoms. The zero-order valence-electron chi connectivity index (χ0n) is 9.32. The fourth-order valence-electron chi connectivity index (χ4n) is 1.56. The van der Waals surface area contributed by atoms with Gasteiger partial charge >= 0.3 is 6.03 Å². The van der Waals surface area contributed by atoms with Crippen molar-refractivity contribution in [2.24, 2.45) is 7.05 Å². The highest BCUT2D eigenvalue weighted by atomic mass is 16.2. The molecule has 84 valence electrons. The Labute approximate surface area is 93.5 Å². The molecule has 2 rings (SSSR count). The van der Waals surface area contributed by atoms with Crippen LogP contribution in [0.25, 0.3) is 11.0 Å². The minimum absolute atomic E-state index is 0.180. The number of carbonyl (C=O) groups excluding carboxylic acids is 1. The first kappa shape index (κ1) is 10.5. The van der Waals surface area contributed by atoms with Gasteiger partial charge in [-0.25, -0.2) is 9.78 Å². The lowest BCUT2D eigenvalue weighted by atomic mass is 10.2. The lowest BCUT2D eigenvalue weighted by Gasteiger charge is -2.04. The molecule has 2 amide bonds. The second-order valence-electron chi connectivity index (χ2n) is 3.61. The summed E-state index contributed by atoms with van der Waals surface area (Å²) in [5.74, 6) is 0. The van der Waals surface area contributed by atoms with Gasteiger partial charge in [0, 0.05) is 20.6 Å². The van der Waals surface area contributed by atoms with Gasteiger partial charge in [0.2, 0.25) is 0 Å². The summed E-state index contributed by atoms with van der Waals surface area (Å²) in [6.07, 6.45) is 1.78. The number of nitrogens with one attached hydrogen (secondary N) is 2. The number of hydrogen-bond acceptors (Lipinski definition) is 2. The molecule has 0 bridgehead atoms. The molecule has 16 heavy (non-hydrogen) atoms. The molecule has 1 heterocycles. The SMILES string of the molecule is CNC(=O)NCc1ccc2c(c1)ncn2C. The Morgan fingerprint density at radius 2 is 2.31 bits per heavy atom. The van der Waals surface area contributed by atoms with Crippen molar-refractivity contribution < 1.29 is 4.79 Å². The highest BCUT2D eigenvalue weighted by Gasteiger charge is 2.02. The predicted molar refractivity (Wildman–Crippen MR) is 62.0 cm³/mol. The molecule has 0 saturated heterocycles. The van der Waals surface area contributed by atoms with Crippen LogP contribution in [-0.4, -0.2) is 22.6 Å². The van der Waals surface area contributed by atoms with E-state index in [1.54, 1.807) is 13.4 Å². The quantitative estimate of drug-likeness (QED) is 0.790. The van der Waals surface area contributed by atoms with E-state index in [0.29, 0.717) is 6.54 Å². The molecule has 0 unspecified atom stereocenters. The van der Waals surface area contributed by atoms with E-state index >= 15 is 0 Å². The van der Waals surface area contributed by atoms with Gasteiger partial charge in [-0.3, -0.25) is 0 Å². The van der Waals surface area contributed by atoms with Gasteiger partial charge in [-0.15, -0.1) is 0 Å².